The van der Waals surface area contributed by atoms with Gasteiger partial charge in [0.1, 0.15) is 5.82 Å². The number of carbonyl (C=O) groups excluding carboxylic acids is 1. The molecule has 3 nitrogen and oxygen atoms in total. The van der Waals surface area contributed by atoms with Crippen LogP contribution in [0.25, 0.3) is 0 Å². The van der Waals surface area contributed by atoms with Crippen molar-refractivity contribution in [1.82, 2.24) is 5.32 Å². The molecule has 5 heteroatoms. The zero-order valence-corrected chi connectivity index (χ0v) is 11.1. The van der Waals surface area contributed by atoms with Crippen LogP contribution in [0.15, 0.2) is 22.7 Å². The second-order valence-corrected chi connectivity index (χ2v) is 5.21. The summed E-state index contributed by atoms with van der Waals surface area (Å²) in [6, 6.07) is 4.25. The molecule has 0 spiro atoms. The summed E-state index contributed by atoms with van der Waals surface area (Å²) in [4.78, 5) is 12.0. The van der Waals surface area contributed by atoms with Crippen LogP contribution in [0.1, 0.15) is 6.92 Å². The highest BCUT2D eigenvalue weighted by Gasteiger charge is 2.29. The molecule has 1 aromatic carbocycles. The van der Waals surface area contributed by atoms with E-state index >= 15 is 0 Å². The molecule has 1 heterocycles. The van der Waals surface area contributed by atoms with E-state index in [2.05, 4.69) is 26.6 Å². The van der Waals surface area contributed by atoms with Crippen LogP contribution in [0.5, 0.6) is 0 Å². The smallest absolute Gasteiger partial charge is 0.229 e. The molecular formula is C12H14BrFN2O. The van der Waals surface area contributed by atoms with Crippen molar-refractivity contribution >= 4 is 27.5 Å². The lowest BCUT2D eigenvalue weighted by Gasteiger charge is -2.15. The molecule has 0 radical (unpaired) electrons. The molecule has 1 aliphatic heterocycles. The minimum atomic E-state index is -0.360. The van der Waals surface area contributed by atoms with Gasteiger partial charge in [-0.2, -0.15) is 0 Å². The summed E-state index contributed by atoms with van der Waals surface area (Å²) in [5, 5.41) is 5.93. The number of anilines is 1. The molecule has 1 saturated heterocycles. The van der Waals surface area contributed by atoms with Crippen LogP contribution in [0.3, 0.4) is 0 Å². The molecule has 17 heavy (non-hydrogen) atoms. The third-order valence-electron chi connectivity index (χ3n) is 3.04. The van der Waals surface area contributed by atoms with Gasteiger partial charge in [-0.15, -0.1) is 0 Å². The number of rotatable bonds is 2. The summed E-state index contributed by atoms with van der Waals surface area (Å²) in [6.07, 6.45) is 0. The first-order valence-corrected chi connectivity index (χ1v) is 6.34. The van der Waals surface area contributed by atoms with Crippen molar-refractivity contribution in [3.8, 4) is 0 Å². The Morgan fingerprint density at radius 1 is 1.53 bits per heavy atom. The van der Waals surface area contributed by atoms with Gasteiger partial charge in [0.05, 0.1) is 11.6 Å². The van der Waals surface area contributed by atoms with E-state index in [1.807, 2.05) is 6.92 Å². The molecular weight excluding hydrogens is 287 g/mol. The predicted molar refractivity (Wildman–Crippen MR) is 68.3 cm³/mol. The van der Waals surface area contributed by atoms with Crippen molar-refractivity contribution in [2.75, 3.05) is 18.4 Å². The largest absolute Gasteiger partial charge is 0.325 e. The first-order chi connectivity index (χ1) is 8.08. The Labute approximate surface area is 108 Å². The van der Waals surface area contributed by atoms with Gasteiger partial charge in [-0.3, -0.25) is 4.79 Å². The molecule has 2 rings (SSSR count). The first-order valence-electron chi connectivity index (χ1n) is 5.54. The number of hydrogen-bond acceptors (Lipinski definition) is 2. The maximum absolute atomic E-state index is 13.1. The van der Waals surface area contributed by atoms with E-state index in [-0.39, 0.29) is 17.6 Å². The van der Waals surface area contributed by atoms with Gasteiger partial charge in [0.15, 0.2) is 0 Å². The Morgan fingerprint density at radius 3 is 2.94 bits per heavy atom. The number of halogens is 2. The SMILES string of the molecule is C[C@@H]1CNC[C@H]1C(=O)Nc1cc(F)ccc1Br. The molecule has 1 fully saturated rings. The second kappa shape index (κ2) is 5.14. The van der Waals surface area contributed by atoms with Gasteiger partial charge in [-0.05, 0) is 46.6 Å². The van der Waals surface area contributed by atoms with Gasteiger partial charge in [-0.25, -0.2) is 4.39 Å². The summed E-state index contributed by atoms with van der Waals surface area (Å²) in [6.45, 7) is 3.56. The Hall–Kier alpha value is -0.940. The fourth-order valence-corrected chi connectivity index (χ4v) is 2.33. The zero-order valence-electron chi connectivity index (χ0n) is 9.47. The van der Waals surface area contributed by atoms with Crippen LogP contribution in [-0.2, 0) is 4.79 Å². The number of carbonyl (C=O) groups is 1. The van der Waals surface area contributed by atoms with Gasteiger partial charge in [0.25, 0.3) is 0 Å². The third kappa shape index (κ3) is 2.84. The van der Waals surface area contributed by atoms with Crippen molar-refractivity contribution < 1.29 is 9.18 Å². The minimum Gasteiger partial charge on any atom is -0.325 e. The topological polar surface area (TPSA) is 41.1 Å². The lowest BCUT2D eigenvalue weighted by atomic mass is 9.97. The van der Waals surface area contributed by atoms with E-state index in [0.29, 0.717) is 22.6 Å². The summed E-state index contributed by atoms with van der Waals surface area (Å²) in [7, 11) is 0. The Morgan fingerprint density at radius 2 is 2.29 bits per heavy atom. The lowest BCUT2D eigenvalue weighted by Crippen LogP contribution is -2.28. The molecule has 0 unspecified atom stereocenters. The van der Waals surface area contributed by atoms with Crippen LogP contribution >= 0.6 is 15.9 Å². The molecule has 0 aliphatic carbocycles. The molecule has 0 aromatic heterocycles. The fourth-order valence-electron chi connectivity index (χ4n) is 1.98. The summed E-state index contributed by atoms with van der Waals surface area (Å²) < 4.78 is 13.8. The normalized spacial score (nSPS) is 23.7. The number of nitrogens with one attached hydrogen (secondary N) is 2. The molecule has 0 saturated carbocycles. The average Bonchev–Trinajstić information content (AvgIpc) is 2.70. The maximum Gasteiger partial charge on any atom is 0.229 e. The van der Waals surface area contributed by atoms with E-state index < -0.39 is 0 Å². The van der Waals surface area contributed by atoms with Gasteiger partial charge in [-0.1, -0.05) is 6.92 Å². The monoisotopic (exact) mass is 300 g/mol. The van der Waals surface area contributed by atoms with Gasteiger partial charge in [0, 0.05) is 11.0 Å². The van der Waals surface area contributed by atoms with E-state index in [4.69, 9.17) is 0 Å². The van der Waals surface area contributed by atoms with E-state index in [9.17, 15) is 9.18 Å². The second-order valence-electron chi connectivity index (χ2n) is 4.36. The third-order valence-corrected chi connectivity index (χ3v) is 3.73. The van der Waals surface area contributed by atoms with Crippen LogP contribution in [0.2, 0.25) is 0 Å². The standard InChI is InChI=1S/C12H14BrFN2O/c1-7-5-15-6-9(7)12(17)16-11-4-8(14)2-3-10(11)13/h2-4,7,9,15H,5-6H2,1H3,(H,16,17)/t7-,9-/m1/s1. The van der Waals surface area contributed by atoms with Crippen LogP contribution in [0.4, 0.5) is 10.1 Å². The van der Waals surface area contributed by atoms with E-state index in [1.54, 1.807) is 6.07 Å². The van der Waals surface area contributed by atoms with Crippen LogP contribution < -0.4 is 10.6 Å². The highest BCUT2D eigenvalue weighted by molar-refractivity contribution is 9.10. The van der Waals surface area contributed by atoms with Crippen molar-refractivity contribution in [2.45, 2.75) is 6.92 Å². The Kier molecular flexibility index (Phi) is 3.79. The number of hydrogen-bond donors (Lipinski definition) is 2. The molecule has 0 bridgehead atoms. The van der Waals surface area contributed by atoms with Crippen LogP contribution in [-0.4, -0.2) is 19.0 Å². The van der Waals surface area contributed by atoms with Crippen molar-refractivity contribution in [1.29, 1.82) is 0 Å². The highest BCUT2D eigenvalue weighted by atomic mass is 79.9. The van der Waals surface area contributed by atoms with Crippen molar-refractivity contribution in [3.05, 3.63) is 28.5 Å². The number of benzene rings is 1. The summed E-state index contributed by atoms with van der Waals surface area (Å²) >= 11 is 3.29. The quantitative estimate of drug-likeness (QED) is 0.880. The fraction of sp³-hybridized carbons (Fsp3) is 0.417. The molecule has 1 aliphatic rings. The highest BCUT2D eigenvalue weighted by Crippen LogP contribution is 2.25. The van der Waals surface area contributed by atoms with Crippen molar-refractivity contribution in [2.24, 2.45) is 11.8 Å². The number of amides is 1. The molecule has 1 aromatic rings. The van der Waals surface area contributed by atoms with E-state index in [0.717, 1.165) is 6.54 Å². The summed E-state index contributed by atoms with van der Waals surface area (Å²) in [5.74, 6) is -0.164. The Bertz CT molecular complexity index is 439. The average molecular weight is 301 g/mol. The Balaban J connectivity index is 2.10. The van der Waals surface area contributed by atoms with Crippen molar-refractivity contribution in [3.63, 3.8) is 0 Å². The first kappa shape index (κ1) is 12.5. The zero-order chi connectivity index (χ0) is 12.4. The maximum atomic E-state index is 13.1. The lowest BCUT2D eigenvalue weighted by molar-refractivity contribution is -0.120. The van der Waals surface area contributed by atoms with Gasteiger partial charge in [0.2, 0.25) is 5.91 Å². The van der Waals surface area contributed by atoms with E-state index in [1.165, 1.54) is 12.1 Å². The van der Waals surface area contributed by atoms with Gasteiger partial charge < -0.3 is 10.6 Å². The molecule has 2 N–H and O–H groups in total. The summed E-state index contributed by atoms with van der Waals surface area (Å²) in [5.41, 5.74) is 0.481. The molecule has 1 amide bonds. The minimum absolute atomic E-state index is 0.0508. The van der Waals surface area contributed by atoms with Gasteiger partial charge >= 0.3 is 0 Å². The molecule has 2 atom stereocenters. The predicted octanol–water partition coefficient (Wildman–Crippen LogP) is 2.38. The van der Waals surface area contributed by atoms with Crippen LogP contribution in [0, 0.1) is 17.7 Å². The molecule has 92 valence electrons.